The van der Waals surface area contributed by atoms with Crippen molar-refractivity contribution in [1.29, 1.82) is 0 Å². The van der Waals surface area contributed by atoms with E-state index in [2.05, 4.69) is 5.32 Å². The quantitative estimate of drug-likeness (QED) is 0.797. The van der Waals surface area contributed by atoms with Gasteiger partial charge in [0.2, 0.25) is 0 Å². The molecule has 0 aromatic rings. The number of ketones is 1. The Morgan fingerprint density at radius 2 is 1.88 bits per heavy atom. The fourth-order valence-electron chi connectivity index (χ4n) is 3.63. The maximum Gasteiger partial charge on any atom is 0.139 e. The number of hydrogen-bond acceptors (Lipinski definition) is 3. The molecule has 0 radical (unpaired) electrons. The fourth-order valence-corrected chi connectivity index (χ4v) is 3.63. The monoisotopic (exact) mass is 237 g/mol. The first-order valence-corrected chi connectivity index (χ1v) is 7.18. The van der Waals surface area contributed by atoms with Gasteiger partial charge < -0.3 is 10.1 Å². The molecule has 3 fully saturated rings. The van der Waals surface area contributed by atoms with Crippen LogP contribution >= 0.6 is 0 Å². The van der Waals surface area contributed by atoms with Crippen LogP contribution in [0.15, 0.2) is 0 Å². The van der Waals surface area contributed by atoms with E-state index in [1.54, 1.807) is 0 Å². The minimum atomic E-state index is 0.117. The first-order chi connectivity index (χ1) is 8.29. The molecule has 1 spiro atoms. The third-order valence-electron chi connectivity index (χ3n) is 4.90. The Bertz CT molecular complexity index is 293. The second-order valence-electron chi connectivity index (χ2n) is 6.00. The van der Waals surface area contributed by atoms with Gasteiger partial charge in [0.05, 0.1) is 5.60 Å². The molecule has 0 aromatic heterocycles. The van der Waals surface area contributed by atoms with Crippen LogP contribution in [-0.4, -0.2) is 31.1 Å². The predicted octanol–water partition coefficient (Wildman–Crippen LogP) is 1.90. The van der Waals surface area contributed by atoms with Gasteiger partial charge in [-0.15, -0.1) is 0 Å². The number of hydrogen-bond donors (Lipinski definition) is 1. The summed E-state index contributed by atoms with van der Waals surface area (Å²) in [5, 5.41) is 3.33. The molecule has 0 amide bonds. The first-order valence-electron chi connectivity index (χ1n) is 7.18. The van der Waals surface area contributed by atoms with Crippen LogP contribution in [0.4, 0.5) is 0 Å². The van der Waals surface area contributed by atoms with Crippen LogP contribution in [0.25, 0.3) is 0 Å². The van der Waals surface area contributed by atoms with Gasteiger partial charge in [-0.2, -0.15) is 0 Å². The summed E-state index contributed by atoms with van der Waals surface area (Å²) >= 11 is 0. The average molecular weight is 237 g/mol. The molecule has 3 heteroatoms. The lowest BCUT2D eigenvalue weighted by Gasteiger charge is -2.47. The highest BCUT2D eigenvalue weighted by Crippen LogP contribution is 2.45. The lowest BCUT2D eigenvalue weighted by molar-refractivity contribution is -0.158. The molecule has 3 nitrogen and oxygen atoms in total. The van der Waals surface area contributed by atoms with E-state index in [0.717, 1.165) is 45.4 Å². The summed E-state index contributed by atoms with van der Waals surface area (Å²) in [6, 6.07) is 0. The maximum absolute atomic E-state index is 12.5. The van der Waals surface area contributed by atoms with Crippen LogP contribution in [0.5, 0.6) is 0 Å². The summed E-state index contributed by atoms with van der Waals surface area (Å²) in [7, 11) is 0. The minimum absolute atomic E-state index is 0.117. The SMILES string of the molecule is O=C(C1CCNCC1)C1CCOC2(CCC2)C1. The molecule has 3 rings (SSSR count). The molecule has 1 saturated carbocycles. The van der Waals surface area contributed by atoms with E-state index in [1.165, 1.54) is 19.3 Å². The minimum Gasteiger partial charge on any atom is -0.375 e. The number of carbonyl (C=O) groups excluding carboxylic acids is 1. The summed E-state index contributed by atoms with van der Waals surface area (Å²) in [5.74, 6) is 1.17. The molecule has 1 N–H and O–H groups in total. The van der Waals surface area contributed by atoms with Crippen molar-refractivity contribution in [3.05, 3.63) is 0 Å². The Hall–Kier alpha value is -0.410. The van der Waals surface area contributed by atoms with Crippen LogP contribution in [0, 0.1) is 11.8 Å². The highest BCUT2D eigenvalue weighted by atomic mass is 16.5. The van der Waals surface area contributed by atoms with Crippen LogP contribution in [0.1, 0.15) is 44.9 Å². The molecular weight excluding hydrogens is 214 g/mol. The average Bonchev–Trinajstić information content (AvgIpc) is 2.37. The zero-order valence-corrected chi connectivity index (χ0v) is 10.5. The number of rotatable bonds is 2. The summed E-state index contributed by atoms with van der Waals surface area (Å²) in [5.41, 5.74) is 0.117. The van der Waals surface area contributed by atoms with Crippen molar-refractivity contribution >= 4 is 5.78 Å². The topological polar surface area (TPSA) is 38.3 Å². The second kappa shape index (κ2) is 4.69. The lowest BCUT2D eigenvalue weighted by atomic mass is 9.69. The van der Waals surface area contributed by atoms with Crippen LogP contribution in [0.2, 0.25) is 0 Å². The number of nitrogens with one attached hydrogen (secondary N) is 1. The van der Waals surface area contributed by atoms with Gasteiger partial charge in [-0.3, -0.25) is 4.79 Å². The number of ether oxygens (including phenoxy) is 1. The Kier molecular flexibility index (Phi) is 3.22. The van der Waals surface area contributed by atoms with E-state index in [9.17, 15) is 4.79 Å². The summed E-state index contributed by atoms with van der Waals surface area (Å²) in [4.78, 5) is 12.5. The van der Waals surface area contributed by atoms with Crippen molar-refractivity contribution in [2.45, 2.75) is 50.5 Å². The molecule has 0 bridgehead atoms. The van der Waals surface area contributed by atoms with Crippen molar-refractivity contribution in [2.24, 2.45) is 11.8 Å². The van der Waals surface area contributed by atoms with Crippen molar-refractivity contribution in [3.63, 3.8) is 0 Å². The Morgan fingerprint density at radius 3 is 2.53 bits per heavy atom. The summed E-state index contributed by atoms with van der Waals surface area (Å²) in [6.45, 7) is 2.84. The van der Waals surface area contributed by atoms with Crippen LogP contribution in [-0.2, 0) is 9.53 Å². The smallest absolute Gasteiger partial charge is 0.139 e. The van der Waals surface area contributed by atoms with E-state index in [4.69, 9.17) is 4.74 Å². The predicted molar refractivity (Wildman–Crippen MR) is 65.9 cm³/mol. The molecule has 3 aliphatic rings. The van der Waals surface area contributed by atoms with Crippen LogP contribution in [0.3, 0.4) is 0 Å². The molecular formula is C14H23NO2. The van der Waals surface area contributed by atoms with Gasteiger partial charge >= 0.3 is 0 Å². The molecule has 0 aromatic carbocycles. The molecule has 2 aliphatic heterocycles. The normalized spacial score (nSPS) is 33.3. The van der Waals surface area contributed by atoms with Gasteiger partial charge in [0.1, 0.15) is 5.78 Å². The zero-order valence-electron chi connectivity index (χ0n) is 10.5. The first kappa shape index (κ1) is 11.7. The van der Waals surface area contributed by atoms with Gasteiger partial charge in [-0.05, 0) is 58.0 Å². The summed E-state index contributed by atoms with van der Waals surface area (Å²) in [6.07, 6.45) is 7.72. The fraction of sp³-hybridized carbons (Fsp3) is 0.929. The van der Waals surface area contributed by atoms with Gasteiger partial charge in [-0.25, -0.2) is 0 Å². The molecule has 1 atom stereocenters. The second-order valence-corrected chi connectivity index (χ2v) is 6.00. The van der Waals surface area contributed by atoms with Crippen molar-refractivity contribution in [3.8, 4) is 0 Å². The van der Waals surface area contributed by atoms with E-state index in [1.807, 2.05) is 0 Å². The molecule has 1 aliphatic carbocycles. The highest BCUT2D eigenvalue weighted by molar-refractivity contribution is 5.83. The maximum atomic E-state index is 12.5. The Morgan fingerprint density at radius 1 is 1.12 bits per heavy atom. The van der Waals surface area contributed by atoms with E-state index in [0.29, 0.717) is 17.6 Å². The third-order valence-corrected chi connectivity index (χ3v) is 4.90. The van der Waals surface area contributed by atoms with Crippen molar-refractivity contribution < 1.29 is 9.53 Å². The number of piperidine rings is 1. The Balaban J connectivity index is 1.60. The van der Waals surface area contributed by atoms with Crippen molar-refractivity contribution in [2.75, 3.05) is 19.7 Å². The van der Waals surface area contributed by atoms with Gasteiger partial charge in [-0.1, -0.05) is 0 Å². The standard InChI is InChI=1S/C14H23NO2/c16-13(11-2-7-15-8-3-11)12-4-9-17-14(10-12)5-1-6-14/h11-12,15H,1-10H2. The van der Waals surface area contributed by atoms with E-state index in [-0.39, 0.29) is 5.60 Å². The molecule has 96 valence electrons. The summed E-state index contributed by atoms with van der Waals surface area (Å²) < 4.78 is 5.90. The third kappa shape index (κ3) is 2.27. The van der Waals surface area contributed by atoms with Gasteiger partial charge in [0.25, 0.3) is 0 Å². The lowest BCUT2D eigenvalue weighted by Crippen LogP contribution is -2.48. The number of carbonyl (C=O) groups is 1. The molecule has 1 unspecified atom stereocenters. The highest BCUT2D eigenvalue weighted by Gasteiger charge is 2.45. The van der Waals surface area contributed by atoms with Crippen LogP contribution < -0.4 is 5.32 Å². The van der Waals surface area contributed by atoms with E-state index >= 15 is 0 Å². The van der Waals surface area contributed by atoms with Gasteiger partial charge in [0, 0.05) is 18.4 Å². The molecule has 2 saturated heterocycles. The van der Waals surface area contributed by atoms with E-state index < -0.39 is 0 Å². The Labute approximate surface area is 103 Å². The van der Waals surface area contributed by atoms with Crippen molar-refractivity contribution in [1.82, 2.24) is 5.32 Å². The molecule has 17 heavy (non-hydrogen) atoms. The van der Waals surface area contributed by atoms with Gasteiger partial charge in [0.15, 0.2) is 0 Å². The molecule has 2 heterocycles. The largest absolute Gasteiger partial charge is 0.375 e. The number of Topliss-reactive ketones (excluding diaryl/α,β-unsaturated/α-hetero) is 1. The zero-order chi connectivity index (χ0) is 11.7.